The van der Waals surface area contributed by atoms with Crippen molar-refractivity contribution in [1.29, 1.82) is 0 Å². The Hall–Kier alpha value is -0.520. The summed E-state index contributed by atoms with van der Waals surface area (Å²) in [5, 5.41) is 13.2. The third-order valence-electron chi connectivity index (χ3n) is 1.83. The van der Waals surface area contributed by atoms with Gasteiger partial charge in [-0.2, -0.15) is 0 Å². The summed E-state index contributed by atoms with van der Waals surface area (Å²) in [6, 6.07) is 0.264. The summed E-state index contributed by atoms with van der Waals surface area (Å²) in [5.74, 6) is 0. The van der Waals surface area contributed by atoms with Crippen LogP contribution in [0.25, 0.3) is 0 Å². The molecule has 1 unspecified atom stereocenters. The topological polar surface area (TPSA) is 47.0 Å². The van der Waals surface area contributed by atoms with Crippen molar-refractivity contribution >= 4 is 11.3 Å². The predicted molar refractivity (Wildman–Crippen MR) is 57.3 cm³/mol. The van der Waals surface area contributed by atoms with Crippen LogP contribution in [0.4, 0.5) is 0 Å². The number of hydrogen-bond acceptors (Lipinski definition) is 5. The average molecular weight is 215 g/mol. The molecule has 0 amide bonds. The van der Waals surface area contributed by atoms with Crippen molar-refractivity contribution in [2.75, 3.05) is 7.05 Å². The Bertz CT molecular complexity index is 275. The van der Waals surface area contributed by atoms with E-state index in [4.69, 9.17) is 4.74 Å². The van der Waals surface area contributed by atoms with Crippen LogP contribution >= 0.6 is 11.3 Å². The molecule has 0 aromatic carbocycles. The fourth-order valence-corrected chi connectivity index (χ4v) is 1.69. The normalized spacial score (nSPS) is 13.5. The van der Waals surface area contributed by atoms with Crippen molar-refractivity contribution in [1.82, 2.24) is 15.5 Å². The van der Waals surface area contributed by atoms with E-state index in [1.165, 1.54) is 0 Å². The van der Waals surface area contributed by atoms with Crippen LogP contribution in [0.15, 0.2) is 0 Å². The number of nitrogens with one attached hydrogen (secondary N) is 1. The van der Waals surface area contributed by atoms with Crippen LogP contribution in [0.3, 0.4) is 0 Å². The van der Waals surface area contributed by atoms with Crippen LogP contribution in [0.5, 0.6) is 0 Å². The van der Waals surface area contributed by atoms with E-state index in [1.807, 2.05) is 20.9 Å². The fourth-order valence-electron chi connectivity index (χ4n) is 0.861. The van der Waals surface area contributed by atoms with Gasteiger partial charge in [-0.1, -0.05) is 11.3 Å². The summed E-state index contributed by atoms with van der Waals surface area (Å²) in [6.07, 6.45) is 0.240. The van der Waals surface area contributed by atoms with Crippen molar-refractivity contribution in [2.24, 2.45) is 0 Å². The highest BCUT2D eigenvalue weighted by atomic mass is 32.1. The van der Waals surface area contributed by atoms with Crippen LogP contribution in [0.2, 0.25) is 0 Å². The van der Waals surface area contributed by atoms with Gasteiger partial charge in [0.25, 0.3) is 0 Å². The molecule has 1 atom stereocenters. The number of ether oxygens (including phenoxy) is 1. The third-order valence-corrected chi connectivity index (χ3v) is 2.91. The largest absolute Gasteiger partial charge is 0.372 e. The van der Waals surface area contributed by atoms with Crippen molar-refractivity contribution in [3.8, 4) is 0 Å². The first-order chi connectivity index (χ1) is 6.63. The SMILES string of the molecule is CNC(C)c1nnc(COC(C)C)s1. The first kappa shape index (κ1) is 11.6. The molecule has 0 bridgehead atoms. The van der Waals surface area contributed by atoms with E-state index in [1.54, 1.807) is 11.3 Å². The highest BCUT2D eigenvalue weighted by Gasteiger charge is 2.10. The van der Waals surface area contributed by atoms with Gasteiger partial charge in [-0.25, -0.2) is 0 Å². The first-order valence-electron chi connectivity index (χ1n) is 4.74. The summed E-state index contributed by atoms with van der Waals surface area (Å²) >= 11 is 1.60. The Kier molecular flexibility index (Phi) is 4.44. The standard InChI is InChI=1S/C9H17N3OS/c1-6(2)13-5-8-11-12-9(14-8)7(3)10-4/h6-7,10H,5H2,1-4H3. The zero-order valence-electron chi connectivity index (χ0n) is 9.07. The van der Waals surface area contributed by atoms with Gasteiger partial charge in [-0.15, -0.1) is 10.2 Å². The Morgan fingerprint density at radius 2 is 2.07 bits per heavy atom. The summed E-state index contributed by atoms with van der Waals surface area (Å²) in [4.78, 5) is 0. The molecule has 0 aliphatic heterocycles. The van der Waals surface area contributed by atoms with Crippen LogP contribution in [-0.4, -0.2) is 23.3 Å². The maximum absolute atomic E-state index is 5.44. The zero-order chi connectivity index (χ0) is 10.6. The van der Waals surface area contributed by atoms with E-state index in [0.717, 1.165) is 10.0 Å². The lowest BCUT2D eigenvalue weighted by molar-refractivity contribution is 0.0652. The zero-order valence-corrected chi connectivity index (χ0v) is 9.89. The second kappa shape index (κ2) is 5.38. The van der Waals surface area contributed by atoms with E-state index in [2.05, 4.69) is 22.4 Å². The van der Waals surface area contributed by atoms with Gasteiger partial charge in [0.05, 0.1) is 12.1 Å². The summed E-state index contributed by atoms with van der Waals surface area (Å²) in [7, 11) is 1.91. The molecule has 0 saturated heterocycles. The van der Waals surface area contributed by atoms with E-state index in [9.17, 15) is 0 Å². The highest BCUT2D eigenvalue weighted by Crippen LogP contribution is 2.17. The lowest BCUT2D eigenvalue weighted by Crippen LogP contribution is -2.11. The molecule has 1 rings (SSSR count). The van der Waals surface area contributed by atoms with E-state index >= 15 is 0 Å². The molecule has 0 saturated carbocycles. The van der Waals surface area contributed by atoms with Crippen molar-refractivity contribution < 1.29 is 4.74 Å². The second-order valence-corrected chi connectivity index (χ2v) is 4.50. The van der Waals surface area contributed by atoms with Crippen molar-refractivity contribution in [3.05, 3.63) is 10.0 Å². The molecule has 0 aliphatic rings. The highest BCUT2D eigenvalue weighted by molar-refractivity contribution is 7.11. The van der Waals surface area contributed by atoms with Gasteiger partial charge in [0.1, 0.15) is 16.6 Å². The van der Waals surface area contributed by atoms with Gasteiger partial charge in [0.15, 0.2) is 0 Å². The molecule has 0 radical (unpaired) electrons. The molecule has 1 heterocycles. The minimum Gasteiger partial charge on any atom is -0.372 e. The monoisotopic (exact) mass is 215 g/mol. The maximum Gasteiger partial charge on any atom is 0.143 e. The van der Waals surface area contributed by atoms with Crippen LogP contribution in [0, 0.1) is 0 Å². The Labute approximate surface area is 88.7 Å². The van der Waals surface area contributed by atoms with Crippen molar-refractivity contribution in [2.45, 2.75) is 39.5 Å². The molecule has 0 aliphatic carbocycles. The summed E-state index contributed by atoms with van der Waals surface area (Å²) in [5.41, 5.74) is 0. The Morgan fingerprint density at radius 3 is 2.64 bits per heavy atom. The lowest BCUT2D eigenvalue weighted by atomic mass is 10.4. The molecule has 0 fully saturated rings. The molecule has 4 nitrogen and oxygen atoms in total. The van der Waals surface area contributed by atoms with E-state index in [-0.39, 0.29) is 12.1 Å². The van der Waals surface area contributed by atoms with Gasteiger partial charge in [-0.05, 0) is 27.8 Å². The Balaban J connectivity index is 2.50. The maximum atomic E-state index is 5.44. The molecule has 1 aromatic rings. The number of nitrogens with zero attached hydrogens (tertiary/aromatic N) is 2. The van der Waals surface area contributed by atoms with Gasteiger partial charge < -0.3 is 10.1 Å². The number of hydrogen-bond donors (Lipinski definition) is 1. The van der Waals surface area contributed by atoms with Gasteiger partial charge >= 0.3 is 0 Å². The summed E-state index contributed by atoms with van der Waals surface area (Å²) in [6.45, 7) is 6.65. The van der Waals surface area contributed by atoms with Gasteiger partial charge in [-0.3, -0.25) is 0 Å². The van der Waals surface area contributed by atoms with Crippen LogP contribution in [-0.2, 0) is 11.3 Å². The lowest BCUT2D eigenvalue weighted by Gasteiger charge is -2.04. The fraction of sp³-hybridized carbons (Fsp3) is 0.778. The predicted octanol–water partition coefficient (Wildman–Crippen LogP) is 1.74. The number of aromatic nitrogens is 2. The Morgan fingerprint density at radius 1 is 1.36 bits per heavy atom. The molecule has 1 N–H and O–H groups in total. The van der Waals surface area contributed by atoms with E-state index < -0.39 is 0 Å². The van der Waals surface area contributed by atoms with Gasteiger partial charge in [0.2, 0.25) is 0 Å². The number of rotatable bonds is 5. The van der Waals surface area contributed by atoms with Crippen molar-refractivity contribution in [3.63, 3.8) is 0 Å². The van der Waals surface area contributed by atoms with Crippen LogP contribution < -0.4 is 5.32 Å². The smallest absolute Gasteiger partial charge is 0.143 e. The molecule has 5 heteroatoms. The minimum atomic E-state index is 0.240. The van der Waals surface area contributed by atoms with E-state index in [0.29, 0.717) is 6.61 Å². The second-order valence-electron chi connectivity index (χ2n) is 3.40. The molecule has 80 valence electrons. The van der Waals surface area contributed by atoms with Gasteiger partial charge in [0, 0.05) is 0 Å². The molecule has 1 aromatic heterocycles. The van der Waals surface area contributed by atoms with Crippen LogP contribution in [0.1, 0.15) is 36.8 Å². The molecule has 14 heavy (non-hydrogen) atoms. The molecular weight excluding hydrogens is 198 g/mol. The minimum absolute atomic E-state index is 0.240. The quantitative estimate of drug-likeness (QED) is 0.812. The first-order valence-corrected chi connectivity index (χ1v) is 5.56. The third kappa shape index (κ3) is 3.32. The molecule has 0 spiro atoms. The average Bonchev–Trinajstić information content (AvgIpc) is 2.62. The molecular formula is C9H17N3OS. The summed E-state index contributed by atoms with van der Waals surface area (Å²) < 4.78 is 5.44.